The smallest absolute Gasteiger partial charge is 0.291 e. The van der Waals surface area contributed by atoms with Crippen molar-refractivity contribution >= 4 is 27.4 Å². The summed E-state index contributed by atoms with van der Waals surface area (Å²) in [5, 5.41) is 21.1. The SMILES string of the molecule is Cc1c([N+](=O)[O-])cnc(N2CC(O)(C3CC3)C2)c1Br. The Morgan fingerprint density at radius 3 is 2.74 bits per heavy atom. The van der Waals surface area contributed by atoms with E-state index in [1.165, 1.54) is 6.20 Å². The van der Waals surface area contributed by atoms with Crippen molar-refractivity contribution in [2.45, 2.75) is 25.4 Å². The van der Waals surface area contributed by atoms with Crippen LogP contribution >= 0.6 is 15.9 Å². The molecule has 1 aromatic rings. The van der Waals surface area contributed by atoms with Gasteiger partial charge in [0.1, 0.15) is 17.6 Å². The van der Waals surface area contributed by atoms with Crippen molar-refractivity contribution in [3.05, 3.63) is 26.3 Å². The minimum Gasteiger partial charge on any atom is -0.386 e. The molecule has 102 valence electrons. The normalized spacial score (nSPS) is 21.1. The van der Waals surface area contributed by atoms with Gasteiger partial charge in [-0.3, -0.25) is 10.1 Å². The number of rotatable bonds is 3. The summed E-state index contributed by atoms with van der Waals surface area (Å²) in [6.07, 6.45) is 3.47. The first-order valence-electron chi connectivity index (χ1n) is 6.19. The van der Waals surface area contributed by atoms with Crippen LogP contribution in [0.5, 0.6) is 0 Å². The molecule has 1 aliphatic carbocycles. The number of nitro groups is 1. The Balaban J connectivity index is 1.83. The zero-order chi connectivity index (χ0) is 13.8. The molecule has 0 aromatic carbocycles. The van der Waals surface area contributed by atoms with E-state index in [1.54, 1.807) is 6.92 Å². The number of aromatic nitrogens is 1. The molecular weight excluding hydrogens is 314 g/mol. The summed E-state index contributed by atoms with van der Waals surface area (Å²) >= 11 is 3.37. The van der Waals surface area contributed by atoms with Gasteiger partial charge in [0.2, 0.25) is 0 Å². The van der Waals surface area contributed by atoms with Crippen LogP contribution in [-0.2, 0) is 0 Å². The molecule has 0 unspecified atom stereocenters. The number of anilines is 1. The first kappa shape index (κ1) is 12.8. The third kappa shape index (κ3) is 2.01. The third-order valence-corrected chi connectivity index (χ3v) is 4.93. The molecule has 7 heteroatoms. The molecular formula is C12H14BrN3O3. The summed E-state index contributed by atoms with van der Waals surface area (Å²) in [5.74, 6) is 1.09. The molecule has 0 radical (unpaired) electrons. The number of hydrogen-bond acceptors (Lipinski definition) is 5. The zero-order valence-electron chi connectivity index (χ0n) is 10.5. The van der Waals surface area contributed by atoms with Crippen molar-refractivity contribution in [2.24, 2.45) is 5.92 Å². The first-order valence-corrected chi connectivity index (χ1v) is 6.98. The fraction of sp³-hybridized carbons (Fsp3) is 0.583. The average Bonchev–Trinajstić information content (AvgIpc) is 3.12. The second-order valence-corrected chi connectivity index (χ2v) is 6.19. The maximum absolute atomic E-state index is 10.8. The van der Waals surface area contributed by atoms with Crippen LogP contribution in [0, 0.1) is 23.0 Å². The van der Waals surface area contributed by atoms with E-state index < -0.39 is 10.5 Å². The largest absolute Gasteiger partial charge is 0.386 e. The molecule has 1 saturated heterocycles. The Bertz CT molecular complexity index is 553. The number of pyridine rings is 1. The lowest BCUT2D eigenvalue weighted by atomic mass is 9.89. The number of β-amino-alcohol motifs (C(OH)–C–C–N with tert-alkyl or cyclic N) is 1. The van der Waals surface area contributed by atoms with Crippen molar-refractivity contribution in [3.8, 4) is 0 Å². The highest BCUT2D eigenvalue weighted by Crippen LogP contribution is 2.46. The van der Waals surface area contributed by atoms with Crippen LogP contribution in [0.15, 0.2) is 10.7 Å². The zero-order valence-corrected chi connectivity index (χ0v) is 12.1. The molecule has 2 heterocycles. The minimum absolute atomic E-state index is 0.00797. The molecule has 0 amide bonds. The van der Waals surface area contributed by atoms with E-state index in [2.05, 4.69) is 20.9 Å². The van der Waals surface area contributed by atoms with Crippen LogP contribution in [0.4, 0.5) is 11.5 Å². The quantitative estimate of drug-likeness (QED) is 0.678. The van der Waals surface area contributed by atoms with E-state index in [0.717, 1.165) is 12.8 Å². The van der Waals surface area contributed by atoms with Crippen molar-refractivity contribution in [1.29, 1.82) is 0 Å². The lowest BCUT2D eigenvalue weighted by Crippen LogP contribution is -2.63. The molecule has 1 aromatic heterocycles. The van der Waals surface area contributed by atoms with Gasteiger partial charge in [-0.1, -0.05) is 0 Å². The molecule has 6 nitrogen and oxygen atoms in total. The van der Waals surface area contributed by atoms with Gasteiger partial charge in [0.25, 0.3) is 5.69 Å². The predicted octanol–water partition coefficient (Wildman–Crippen LogP) is 2.02. The van der Waals surface area contributed by atoms with Crippen LogP contribution in [0.1, 0.15) is 18.4 Å². The summed E-state index contributed by atoms with van der Waals surface area (Å²) in [6.45, 7) is 2.81. The number of aliphatic hydroxyl groups is 1. The maximum Gasteiger partial charge on any atom is 0.291 e. The first-order chi connectivity index (χ1) is 8.92. The second-order valence-electron chi connectivity index (χ2n) is 5.40. The van der Waals surface area contributed by atoms with Crippen molar-refractivity contribution in [3.63, 3.8) is 0 Å². The van der Waals surface area contributed by atoms with Gasteiger partial charge >= 0.3 is 0 Å². The highest BCUT2D eigenvalue weighted by Gasteiger charge is 2.52. The van der Waals surface area contributed by atoms with Crippen LogP contribution in [0.2, 0.25) is 0 Å². The fourth-order valence-electron chi connectivity index (χ4n) is 2.60. The highest BCUT2D eigenvalue weighted by atomic mass is 79.9. The van der Waals surface area contributed by atoms with Gasteiger partial charge in [0.05, 0.1) is 22.5 Å². The summed E-state index contributed by atoms with van der Waals surface area (Å²) in [7, 11) is 0. The molecule has 3 rings (SSSR count). The monoisotopic (exact) mass is 327 g/mol. The van der Waals surface area contributed by atoms with Crippen molar-refractivity contribution in [2.75, 3.05) is 18.0 Å². The van der Waals surface area contributed by atoms with Crippen LogP contribution < -0.4 is 4.90 Å². The van der Waals surface area contributed by atoms with E-state index in [-0.39, 0.29) is 5.69 Å². The number of nitrogens with zero attached hydrogens (tertiary/aromatic N) is 3. The number of hydrogen-bond donors (Lipinski definition) is 1. The summed E-state index contributed by atoms with van der Waals surface area (Å²) in [6, 6.07) is 0. The van der Waals surface area contributed by atoms with Gasteiger partial charge in [0, 0.05) is 5.56 Å². The molecule has 0 bridgehead atoms. The van der Waals surface area contributed by atoms with Crippen LogP contribution in [-0.4, -0.2) is 33.7 Å². The van der Waals surface area contributed by atoms with E-state index in [4.69, 9.17) is 0 Å². The number of halogens is 1. The summed E-state index contributed by atoms with van der Waals surface area (Å²) < 4.78 is 0.638. The van der Waals surface area contributed by atoms with Gasteiger partial charge in [0.15, 0.2) is 0 Å². The predicted molar refractivity (Wildman–Crippen MR) is 73.2 cm³/mol. The van der Waals surface area contributed by atoms with Gasteiger partial charge in [-0.2, -0.15) is 0 Å². The summed E-state index contributed by atoms with van der Waals surface area (Å²) in [4.78, 5) is 16.5. The second kappa shape index (κ2) is 4.14. The van der Waals surface area contributed by atoms with E-state index >= 15 is 0 Å². The van der Waals surface area contributed by atoms with Crippen molar-refractivity contribution < 1.29 is 10.0 Å². The van der Waals surface area contributed by atoms with Crippen LogP contribution in [0.25, 0.3) is 0 Å². The maximum atomic E-state index is 10.8. The molecule has 2 fully saturated rings. The molecule has 0 spiro atoms. The van der Waals surface area contributed by atoms with E-state index in [0.29, 0.717) is 34.9 Å². The topological polar surface area (TPSA) is 79.5 Å². The van der Waals surface area contributed by atoms with Crippen LogP contribution in [0.3, 0.4) is 0 Å². The lowest BCUT2D eigenvalue weighted by Gasteiger charge is -2.48. The Hall–Kier alpha value is -1.21. The Morgan fingerprint density at radius 1 is 1.58 bits per heavy atom. The third-order valence-electron chi connectivity index (χ3n) is 3.98. The van der Waals surface area contributed by atoms with E-state index in [1.807, 2.05) is 4.90 Å². The Kier molecular flexibility index (Phi) is 2.79. The molecule has 1 aliphatic heterocycles. The van der Waals surface area contributed by atoms with Gasteiger partial charge in [-0.25, -0.2) is 4.98 Å². The molecule has 2 aliphatic rings. The molecule has 0 atom stereocenters. The average molecular weight is 328 g/mol. The van der Waals surface area contributed by atoms with Gasteiger partial charge < -0.3 is 10.0 Å². The van der Waals surface area contributed by atoms with Gasteiger partial charge in [-0.15, -0.1) is 0 Å². The minimum atomic E-state index is -0.587. The van der Waals surface area contributed by atoms with Gasteiger partial charge in [-0.05, 0) is 41.6 Å². The fourth-order valence-corrected chi connectivity index (χ4v) is 3.16. The van der Waals surface area contributed by atoms with Crippen molar-refractivity contribution in [1.82, 2.24) is 4.98 Å². The highest BCUT2D eigenvalue weighted by molar-refractivity contribution is 9.10. The van der Waals surface area contributed by atoms with E-state index in [9.17, 15) is 15.2 Å². The Labute approximate surface area is 118 Å². The Morgan fingerprint density at radius 2 is 2.21 bits per heavy atom. The molecule has 1 saturated carbocycles. The molecule has 19 heavy (non-hydrogen) atoms. The molecule has 1 N–H and O–H groups in total. The lowest BCUT2D eigenvalue weighted by molar-refractivity contribution is -0.385. The summed E-state index contributed by atoms with van der Waals surface area (Å²) in [5.41, 5.74) is -0.0120. The standard InChI is InChI=1S/C12H14BrN3O3/c1-7-9(16(18)19)4-14-11(10(7)13)15-5-12(17,6-15)8-2-3-8/h4,8,17H,2-3,5-6H2,1H3.